The van der Waals surface area contributed by atoms with Gasteiger partial charge in [-0.3, -0.25) is 4.79 Å². The Morgan fingerprint density at radius 3 is 2.88 bits per heavy atom. The molecule has 0 amide bonds. The van der Waals surface area contributed by atoms with Crippen molar-refractivity contribution >= 4 is 22.6 Å². The molecule has 1 unspecified atom stereocenters. The number of hydrogen-bond acceptors (Lipinski definition) is 7. The van der Waals surface area contributed by atoms with E-state index in [9.17, 15) is 4.79 Å². The normalized spacial score (nSPS) is 18.9. The van der Waals surface area contributed by atoms with Gasteiger partial charge in [0.25, 0.3) is 0 Å². The number of benzene rings is 1. The molecule has 0 saturated heterocycles. The fraction of sp³-hybridized carbons (Fsp3) is 0.440. The Bertz CT molecular complexity index is 1180. The first-order valence-electron chi connectivity index (χ1n) is 11.4. The fourth-order valence-electron chi connectivity index (χ4n) is 4.58. The van der Waals surface area contributed by atoms with Crippen LogP contribution in [0.5, 0.6) is 5.75 Å². The number of aryl methyl sites for hydroxylation is 1. The topological polar surface area (TPSA) is 99.2 Å². The summed E-state index contributed by atoms with van der Waals surface area (Å²) in [6.45, 7) is 2.76. The molecule has 1 saturated carbocycles. The Morgan fingerprint density at radius 1 is 1.30 bits per heavy atom. The van der Waals surface area contributed by atoms with Gasteiger partial charge in [0.05, 0.1) is 18.5 Å². The van der Waals surface area contributed by atoms with Gasteiger partial charge < -0.3 is 15.4 Å². The molecule has 0 spiro atoms. The van der Waals surface area contributed by atoms with E-state index in [2.05, 4.69) is 9.97 Å². The molecule has 4 rings (SSSR count). The molecule has 1 fully saturated rings. The zero-order chi connectivity index (χ0) is 23.5. The van der Waals surface area contributed by atoms with Gasteiger partial charge in [-0.15, -0.1) is 0 Å². The van der Waals surface area contributed by atoms with Gasteiger partial charge in [-0.25, -0.2) is 14.6 Å². The van der Waals surface area contributed by atoms with Crippen molar-refractivity contribution in [2.45, 2.75) is 38.6 Å². The molecule has 2 aromatic heterocycles. The Kier molecular flexibility index (Phi) is 6.74. The summed E-state index contributed by atoms with van der Waals surface area (Å²) in [4.78, 5) is 23.6. The van der Waals surface area contributed by atoms with Gasteiger partial charge in [0.15, 0.2) is 11.4 Å². The molecule has 1 aliphatic carbocycles. The number of nitrogens with two attached hydrogens (primary N) is 1. The third-order valence-corrected chi connectivity index (χ3v) is 6.35. The average molecular weight is 449 g/mol. The van der Waals surface area contributed by atoms with E-state index < -0.39 is 0 Å². The number of allylic oxidation sites excluding steroid dienone is 1. The number of carbonyl (C=O) groups excluding carboxylic acids is 1. The minimum Gasteiger partial charge on any atom is -0.496 e. The van der Waals surface area contributed by atoms with Gasteiger partial charge in [-0.2, -0.15) is 5.10 Å². The summed E-state index contributed by atoms with van der Waals surface area (Å²) in [5.41, 5.74) is 9.68. The van der Waals surface area contributed by atoms with E-state index in [1.807, 2.05) is 54.9 Å². The van der Waals surface area contributed by atoms with Crippen molar-refractivity contribution in [2.75, 3.05) is 33.5 Å². The summed E-state index contributed by atoms with van der Waals surface area (Å²) < 4.78 is 7.47. The van der Waals surface area contributed by atoms with Crippen LogP contribution in [-0.2, 0) is 4.79 Å². The Balaban J connectivity index is 1.69. The quantitative estimate of drug-likeness (QED) is 0.549. The smallest absolute Gasteiger partial charge is 0.164 e. The number of rotatable bonds is 7. The van der Waals surface area contributed by atoms with Gasteiger partial charge in [0.1, 0.15) is 23.6 Å². The number of nitrogens with zero attached hydrogens (tertiary/aromatic N) is 5. The highest BCUT2D eigenvalue weighted by molar-refractivity contribution is 5.98. The lowest BCUT2D eigenvalue weighted by Gasteiger charge is -2.28. The van der Waals surface area contributed by atoms with E-state index in [1.165, 1.54) is 6.33 Å². The third kappa shape index (κ3) is 4.75. The van der Waals surface area contributed by atoms with Crippen LogP contribution < -0.4 is 10.5 Å². The number of methoxy groups -OCH3 is 1. The van der Waals surface area contributed by atoms with Crippen molar-refractivity contribution in [1.82, 2.24) is 24.6 Å². The Labute approximate surface area is 194 Å². The molecule has 0 aliphatic heterocycles. The summed E-state index contributed by atoms with van der Waals surface area (Å²) in [6.07, 6.45) is 8.71. The Morgan fingerprint density at radius 2 is 2.12 bits per heavy atom. The highest BCUT2D eigenvalue weighted by Gasteiger charge is 2.30. The first-order valence-corrected chi connectivity index (χ1v) is 11.4. The molecule has 8 nitrogen and oxygen atoms in total. The number of carbonyl (C=O) groups is 1. The number of likely N-dealkylation sites (N-methyl/N-ethyl adjacent to an activating group) is 1. The number of ether oxygens (including phenoxy) is 1. The lowest BCUT2D eigenvalue weighted by molar-refractivity contribution is -0.119. The number of anilines is 1. The number of nitrogen functional groups attached to an aromatic ring is 1. The number of fused-ring (bicyclic) bond motifs is 1. The molecule has 8 heteroatoms. The molecule has 174 valence electrons. The first-order chi connectivity index (χ1) is 15.9. The highest BCUT2D eigenvalue weighted by Crippen LogP contribution is 2.38. The van der Waals surface area contributed by atoms with Crippen LogP contribution in [0.2, 0.25) is 0 Å². The lowest BCUT2D eigenvalue weighted by atomic mass is 9.83. The molecule has 2 heterocycles. The maximum atomic E-state index is 12.8. The minimum absolute atomic E-state index is 0.0106. The minimum atomic E-state index is -0.0106. The maximum absolute atomic E-state index is 12.8. The number of hydrogen-bond donors (Lipinski definition) is 1. The van der Waals surface area contributed by atoms with Gasteiger partial charge in [-0.05, 0) is 58.0 Å². The van der Waals surface area contributed by atoms with E-state index in [1.54, 1.807) is 13.2 Å². The first kappa shape index (κ1) is 22.9. The monoisotopic (exact) mass is 448 g/mol. The van der Waals surface area contributed by atoms with Crippen LogP contribution in [0.25, 0.3) is 22.3 Å². The van der Waals surface area contributed by atoms with Crippen molar-refractivity contribution in [1.29, 1.82) is 0 Å². The van der Waals surface area contributed by atoms with Gasteiger partial charge in [0, 0.05) is 18.0 Å². The van der Waals surface area contributed by atoms with Crippen LogP contribution in [0.15, 0.2) is 36.7 Å². The summed E-state index contributed by atoms with van der Waals surface area (Å²) in [6, 6.07) is 6.07. The second-order valence-electron chi connectivity index (χ2n) is 9.02. The SMILES string of the molecule is COc1cc(-c2nn([C@@H]3CCCC(C(=O)/C=C/CN(C)C)C3)c3ncnc(N)c23)ccc1C. The van der Waals surface area contributed by atoms with Crippen molar-refractivity contribution in [3.8, 4) is 17.0 Å². The summed E-state index contributed by atoms with van der Waals surface area (Å²) in [7, 11) is 5.64. The Hall–Kier alpha value is -3.26. The van der Waals surface area contributed by atoms with Crippen LogP contribution in [-0.4, -0.2) is 58.2 Å². The molecule has 1 aromatic carbocycles. The van der Waals surface area contributed by atoms with Crippen molar-refractivity contribution in [3.63, 3.8) is 0 Å². The summed E-state index contributed by atoms with van der Waals surface area (Å²) in [5.74, 6) is 1.37. The van der Waals surface area contributed by atoms with Gasteiger partial charge in [0.2, 0.25) is 0 Å². The second kappa shape index (κ2) is 9.70. The summed E-state index contributed by atoms with van der Waals surface area (Å²) >= 11 is 0. The zero-order valence-electron chi connectivity index (χ0n) is 19.8. The van der Waals surface area contributed by atoms with Crippen LogP contribution in [0.3, 0.4) is 0 Å². The fourth-order valence-corrected chi connectivity index (χ4v) is 4.58. The maximum Gasteiger partial charge on any atom is 0.164 e. The summed E-state index contributed by atoms with van der Waals surface area (Å²) in [5, 5.41) is 5.71. The van der Waals surface area contributed by atoms with E-state index in [0.29, 0.717) is 11.5 Å². The second-order valence-corrected chi connectivity index (χ2v) is 9.02. The lowest BCUT2D eigenvalue weighted by Crippen LogP contribution is -2.25. The largest absolute Gasteiger partial charge is 0.496 e. The zero-order valence-corrected chi connectivity index (χ0v) is 19.8. The van der Waals surface area contributed by atoms with Gasteiger partial charge in [-0.1, -0.05) is 24.6 Å². The molecular formula is C25H32N6O2. The van der Waals surface area contributed by atoms with Crippen LogP contribution in [0.4, 0.5) is 5.82 Å². The average Bonchev–Trinajstić information content (AvgIpc) is 3.20. The highest BCUT2D eigenvalue weighted by atomic mass is 16.5. The molecule has 33 heavy (non-hydrogen) atoms. The molecule has 0 radical (unpaired) electrons. The molecule has 2 atom stereocenters. The van der Waals surface area contributed by atoms with Crippen molar-refractivity contribution in [3.05, 3.63) is 42.2 Å². The number of aromatic nitrogens is 4. The van der Waals surface area contributed by atoms with Crippen LogP contribution in [0, 0.1) is 12.8 Å². The van der Waals surface area contributed by atoms with E-state index in [-0.39, 0.29) is 17.7 Å². The third-order valence-electron chi connectivity index (χ3n) is 6.35. The van der Waals surface area contributed by atoms with Gasteiger partial charge >= 0.3 is 0 Å². The van der Waals surface area contributed by atoms with E-state index in [0.717, 1.165) is 60.2 Å². The standard InChI is InChI=1S/C25H32N6O2/c1-16-10-11-18(14-21(16)33-4)23-22-24(26)27-15-28-25(22)31(29-23)19-8-5-7-17(13-19)20(32)9-6-12-30(2)3/h6,9-11,14-15,17,19H,5,7-8,12-13H2,1-4H3,(H2,26,27,28)/b9-6+/t17?,19-/m1/s1. The van der Waals surface area contributed by atoms with E-state index in [4.69, 9.17) is 15.6 Å². The van der Waals surface area contributed by atoms with Crippen molar-refractivity contribution < 1.29 is 9.53 Å². The molecular weight excluding hydrogens is 416 g/mol. The van der Waals surface area contributed by atoms with Crippen LogP contribution in [0.1, 0.15) is 37.3 Å². The van der Waals surface area contributed by atoms with Crippen molar-refractivity contribution in [2.24, 2.45) is 5.92 Å². The number of ketones is 1. The molecule has 3 aromatic rings. The van der Waals surface area contributed by atoms with Crippen LogP contribution >= 0.6 is 0 Å². The molecule has 2 N–H and O–H groups in total. The molecule has 1 aliphatic rings. The molecule has 0 bridgehead atoms. The van der Waals surface area contributed by atoms with E-state index >= 15 is 0 Å². The predicted molar refractivity (Wildman–Crippen MR) is 130 cm³/mol. The predicted octanol–water partition coefficient (Wildman–Crippen LogP) is 3.81.